The Balaban J connectivity index is 1.89. The molecule has 1 aliphatic carbocycles. The van der Waals surface area contributed by atoms with Crippen LogP contribution in [0.15, 0.2) is 6.20 Å². The molecule has 0 aliphatic heterocycles. The van der Waals surface area contributed by atoms with E-state index < -0.39 is 0 Å². The van der Waals surface area contributed by atoms with Gasteiger partial charge in [0.2, 0.25) is 5.91 Å². The second-order valence-electron chi connectivity index (χ2n) is 4.25. The Morgan fingerprint density at radius 3 is 3.12 bits per heavy atom. The summed E-state index contributed by atoms with van der Waals surface area (Å²) < 4.78 is 2.05. The summed E-state index contributed by atoms with van der Waals surface area (Å²) in [5.41, 5.74) is 2.77. The summed E-state index contributed by atoms with van der Waals surface area (Å²) in [6.45, 7) is 3.34. The first-order chi connectivity index (χ1) is 7.81. The summed E-state index contributed by atoms with van der Waals surface area (Å²) in [6.07, 6.45) is 7.38. The SMILES string of the molecule is CCC(=O)NCCn1ncc2c1CCCC2. The highest BCUT2D eigenvalue weighted by molar-refractivity contribution is 5.75. The van der Waals surface area contributed by atoms with Gasteiger partial charge in [0, 0.05) is 18.7 Å². The van der Waals surface area contributed by atoms with E-state index in [9.17, 15) is 4.79 Å². The number of aryl methyl sites for hydroxylation is 1. The molecular weight excluding hydrogens is 202 g/mol. The quantitative estimate of drug-likeness (QED) is 0.832. The fraction of sp³-hybridized carbons (Fsp3) is 0.667. The monoisotopic (exact) mass is 221 g/mol. The van der Waals surface area contributed by atoms with E-state index in [2.05, 4.69) is 10.4 Å². The third kappa shape index (κ3) is 2.43. The van der Waals surface area contributed by atoms with Crippen LogP contribution in [0.5, 0.6) is 0 Å². The minimum Gasteiger partial charge on any atom is -0.354 e. The molecule has 0 spiro atoms. The average Bonchev–Trinajstić information content (AvgIpc) is 2.73. The van der Waals surface area contributed by atoms with Crippen molar-refractivity contribution in [3.05, 3.63) is 17.5 Å². The molecule has 2 rings (SSSR count). The number of rotatable bonds is 4. The number of hydrogen-bond donors (Lipinski definition) is 1. The summed E-state index contributed by atoms with van der Waals surface area (Å²) in [5, 5.41) is 7.26. The maximum Gasteiger partial charge on any atom is 0.219 e. The molecule has 88 valence electrons. The van der Waals surface area contributed by atoms with Crippen LogP contribution < -0.4 is 5.32 Å². The Bertz CT molecular complexity index is 370. The standard InChI is InChI=1S/C12H19N3O/c1-2-12(16)13-7-8-15-11-6-4-3-5-10(11)9-14-15/h9H,2-8H2,1H3,(H,13,16). The van der Waals surface area contributed by atoms with Gasteiger partial charge in [-0.05, 0) is 31.2 Å². The topological polar surface area (TPSA) is 46.9 Å². The van der Waals surface area contributed by atoms with Gasteiger partial charge in [0.05, 0.1) is 12.7 Å². The van der Waals surface area contributed by atoms with Crippen LogP contribution >= 0.6 is 0 Å². The molecule has 0 unspecified atom stereocenters. The number of amides is 1. The smallest absolute Gasteiger partial charge is 0.219 e. The fourth-order valence-corrected chi connectivity index (χ4v) is 2.17. The minimum atomic E-state index is 0.112. The van der Waals surface area contributed by atoms with Crippen LogP contribution in [0.1, 0.15) is 37.4 Å². The van der Waals surface area contributed by atoms with Gasteiger partial charge in [-0.2, -0.15) is 5.10 Å². The number of carbonyl (C=O) groups excluding carboxylic acids is 1. The van der Waals surface area contributed by atoms with E-state index in [0.29, 0.717) is 13.0 Å². The van der Waals surface area contributed by atoms with Crippen LogP contribution in [0.25, 0.3) is 0 Å². The molecule has 16 heavy (non-hydrogen) atoms. The normalized spacial score (nSPS) is 14.6. The molecule has 1 amide bonds. The predicted molar refractivity (Wildman–Crippen MR) is 62.2 cm³/mol. The lowest BCUT2D eigenvalue weighted by molar-refractivity contribution is -0.120. The van der Waals surface area contributed by atoms with Gasteiger partial charge in [0.25, 0.3) is 0 Å². The van der Waals surface area contributed by atoms with E-state index in [4.69, 9.17) is 0 Å². The van der Waals surface area contributed by atoms with Crippen molar-refractivity contribution in [1.29, 1.82) is 0 Å². The van der Waals surface area contributed by atoms with Crippen molar-refractivity contribution in [2.24, 2.45) is 0 Å². The molecule has 1 heterocycles. The van der Waals surface area contributed by atoms with Gasteiger partial charge in [-0.3, -0.25) is 9.48 Å². The van der Waals surface area contributed by atoms with Crippen LogP contribution in [0.2, 0.25) is 0 Å². The van der Waals surface area contributed by atoms with Crippen molar-refractivity contribution in [2.45, 2.75) is 45.6 Å². The van der Waals surface area contributed by atoms with E-state index in [1.165, 1.54) is 24.1 Å². The predicted octanol–water partition coefficient (Wildman–Crippen LogP) is 1.29. The highest BCUT2D eigenvalue weighted by Crippen LogP contribution is 2.20. The molecule has 0 saturated heterocycles. The lowest BCUT2D eigenvalue weighted by atomic mass is 9.98. The summed E-state index contributed by atoms with van der Waals surface area (Å²) in [5.74, 6) is 0.112. The third-order valence-electron chi connectivity index (χ3n) is 3.11. The number of fused-ring (bicyclic) bond motifs is 1. The average molecular weight is 221 g/mol. The van der Waals surface area contributed by atoms with E-state index in [-0.39, 0.29) is 5.91 Å². The lowest BCUT2D eigenvalue weighted by Crippen LogP contribution is -2.27. The largest absolute Gasteiger partial charge is 0.354 e. The summed E-state index contributed by atoms with van der Waals surface area (Å²) in [6, 6.07) is 0. The molecule has 0 aromatic carbocycles. The van der Waals surface area contributed by atoms with Crippen molar-refractivity contribution in [3.8, 4) is 0 Å². The van der Waals surface area contributed by atoms with Crippen molar-refractivity contribution >= 4 is 5.91 Å². The summed E-state index contributed by atoms with van der Waals surface area (Å²) in [7, 11) is 0. The Morgan fingerprint density at radius 1 is 1.50 bits per heavy atom. The van der Waals surface area contributed by atoms with Crippen LogP contribution in [0, 0.1) is 0 Å². The Morgan fingerprint density at radius 2 is 2.31 bits per heavy atom. The van der Waals surface area contributed by atoms with Crippen LogP contribution in [0.4, 0.5) is 0 Å². The molecular formula is C12H19N3O. The maximum atomic E-state index is 11.1. The zero-order chi connectivity index (χ0) is 11.4. The number of carbonyl (C=O) groups is 1. The summed E-state index contributed by atoms with van der Waals surface area (Å²) in [4.78, 5) is 11.1. The van der Waals surface area contributed by atoms with Gasteiger partial charge in [-0.25, -0.2) is 0 Å². The number of hydrogen-bond acceptors (Lipinski definition) is 2. The van der Waals surface area contributed by atoms with Gasteiger partial charge < -0.3 is 5.32 Å². The molecule has 1 aliphatic rings. The Hall–Kier alpha value is -1.32. The van der Waals surface area contributed by atoms with Gasteiger partial charge in [0.1, 0.15) is 0 Å². The van der Waals surface area contributed by atoms with Crippen molar-refractivity contribution in [3.63, 3.8) is 0 Å². The summed E-state index contributed by atoms with van der Waals surface area (Å²) >= 11 is 0. The van der Waals surface area contributed by atoms with Gasteiger partial charge in [0.15, 0.2) is 0 Å². The zero-order valence-electron chi connectivity index (χ0n) is 9.83. The van der Waals surface area contributed by atoms with E-state index in [1.54, 1.807) is 0 Å². The molecule has 1 aromatic rings. The van der Waals surface area contributed by atoms with Crippen LogP contribution in [0.3, 0.4) is 0 Å². The fourth-order valence-electron chi connectivity index (χ4n) is 2.17. The van der Waals surface area contributed by atoms with E-state index in [0.717, 1.165) is 19.4 Å². The lowest BCUT2D eigenvalue weighted by Gasteiger charge is -2.13. The number of nitrogens with one attached hydrogen (secondary N) is 1. The molecule has 0 bridgehead atoms. The van der Waals surface area contributed by atoms with Crippen molar-refractivity contribution in [2.75, 3.05) is 6.54 Å². The highest BCUT2D eigenvalue weighted by atomic mass is 16.1. The van der Waals surface area contributed by atoms with Gasteiger partial charge in [-0.15, -0.1) is 0 Å². The van der Waals surface area contributed by atoms with Crippen molar-refractivity contribution in [1.82, 2.24) is 15.1 Å². The van der Waals surface area contributed by atoms with E-state index >= 15 is 0 Å². The molecule has 0 fully saturated rings. The third-order valence-corrected chi connectivity index (χ3v) is 3.11. The Kier molecular flexibility index (Phi) is 3.59. The second kappa shape index (κ2) is 5.14. The number of aromatic nitrogens is 2. The van der Waals surface area contributed by atoms with Crippen LogP contribution in [-0.2, 0) is 24.2 Å². The van der Waals surface area contributed by atoms with Gasteiger partial charge in [-0.1, -0.05) is 6.92 Å². The molecule has 4 heteroatoms. The number of nitrogens with zero attached hydrogens (tertiary/aromatic N) is 2. The Labute approximate surface area is 96.0 Å². The second-order valence-corrected chi connectivity index (χ2v) is 4.25. The molecule has 1 aromatic heterocycles. The molecule has 0 radical (unpaired) electrons. The zero-order valence-corrected chi connectivity index (χ0v) is 9.83. The maximum absolute atomic E-state index is 11.1. The van der Waals surface area contributed by atoms with Gasteiger partial charge >= 0.3 is 0 Å². The van der Waals surface area contributed by atoms with E-state index in [1.807, 2.05) is 17.8 Å². The molecule has 4 nitrogen and oxygen atoms in total. The molecule has 0 atom stereocenters. The first-order valence-electron chi connectivity index (χ1n) is 6.11. The van der Waals surface area contributed by atoms with Crippen LogP contribution in [-0.4, -0.2) is 22.2 Å². The first kappa shape index (κ1) is 11.2. The molecule has 1 N–H and O–H groups in total. The molecule has 0 saturated carbocycles. The highest BCUT2D eigenvalue weighted by Gasteiger charge is 2.14. The van der Waals surface area contributed by atoms with Crippen molar-refractivity contribution < 1.29 is 4.79 Å². The first-order valence-corrected chi connectivity index (χ1v) is 6.11. The minimum absolute atomic E-state index is 0.112.